The second-order valence-electron chi connectivity index (χ2n) is 4.53. The van der Waals surface area contributed by atoms with Crippen LogP contribution < -0.4 is 5.32 Å². The van der Waals surface area contributed by atoms with Gasteiger partial charge in [-0.05, 0) is 31.5 Å². The van der Waals surface area contributed by atoms with E-state index in [1.807, 2.05) is 6.07 Å². The quantitative estimate of drug-likeness (QED) is 0.869. The molecule has 1 N–H and O–H groups in total. The third kappa shape index (κ3) is 3.38. The molecule has 1 heterocycles. The SMILES string of the molecule is CCOC(=O)c1sc(NC(=O)c2ccccc2F)c(C#N)c1C. The number of nitriles is 1. The van der Waals surface area contributed by atoms with Gasteiger partial charge in [-0.15, -0.1) is 11.3 Å². The van der Waals surface area contributed by atoms with Crippen LogP contribution in [0.2, 0.25) is 0 Å². The van der Waals surface area contributed by atoms with E-state index in [0.717, 1.165) is 11.3 Å². The molecule has 0 radical (unpaired) electrons. The van der Waals surface area contributed by atoms with Crippen molar-refractivity contribution in [3.05, 3.63) is 51.7 Å². The van der Waals surface area contributed by atoms with Gasteiger partial charge in [0, 0.05) is 0 Å². The van der Waals surface area contributed by atoms with Crippen LogP contribution in [-0.4, -0.2) is 18.5 Å². The molecule has 0 saturated carbocycles. The molecule has 2 rings (SSSR count). The molecule has 0 spiro atoms. The van der Waals surface area contributed by atoms with Crippen molar-refractivity contribution in [2.75, 3.05) is 11.9 Å². The Bertz CT molecular complexity index is 808. The van der Waals surface area contributed by atoms with E-state index in [4.69, 9.17) is 4.74 Å². The van der Waals surface area contributed by atoms with Crippen LogP contribution >= 0.6 is 11.3 Å². The van der Waals surface area contributed by atoms with Crippen LogP contribution in [0.1, 0.15) is 38.1 Å². The first-order valence-electron chi connectivity index (χ1n) is 6.76. The van der Waals surface area contributed by atoms with E-state index in [9.17, 15) is 19.2 Å². The highest BCUT2D eigenvalue weighted by Crippen LogP contribution is 2.33. The van der Waals surface area contributed by atoms with E-state index in [-0.39, 0.29) is 27.6 Å². The Morgan fingerprint density at radius 1 is 1.39 bits per heavy atom. The highest BCUT2D eigenvalue weighted by Gasteiger charge is 2.23. The van der Waals surface area contributed by atoms with Gasteiger partial charge < -0.3 is 10.1 Å². The van der Waals surface area contributed by atoms with Crippen LogP contribution in [0.5, 0.6) is 0 Å². The van der Waals surface area contributed by atoms with E-state index in [1.165, 1.54) is 24.3 Å². The van der Waals surface area contributed by atoms with Crippen LogP contribution in [0.15, 0.2) is 24.3 Å². The van der Waals surface area contributed by atoms with Crippen molar-refractivity contribution < 1.29 is 18.7 Å². The minimum absolute atomic E-state index is 0.139. The minimum atomic E-state index is -0.684. The lowest BCUT2D eigenvalue weighted by Crippen LogP contribution is -2.13. The number of hydrogen-bond donors (Lipinski definition) is 1. The van der Waals surface area contributed by atoms with Gasteiger partial charge in [0.05, 0.1) is 17.7 Å². The fourth-order valence-corrected chi connectivity index (χ4v) is 2.99. The molecule has 7 heteroatoms. The number of amides is 1. The van der Waals surface area contributed by atoms with Gasteiger partial charge in [0.15, 0.2) is 0 Å². The maximum atomic E-state index is 13.6. The number of hydrogen-bond acceptors (Lipinski definition) is 5. The molecule has 23 heavy (non-hydrogen) atoms. The van der Waals surface area contributed by atoms with Crippen molar-refractivity contribution in [3.63, 3.8) is 0 Å². The first-order chi connectivity index (χ1) is 11.0. The number of benzene rings is 1. The summed E-state index contributed by atoms with van der Waals surface area (Å²) in [6.45, 7) is 3.47. The summed E-state index contributed by atoms with van der Waals surface area (Å²) in [6.07, 6.45) is 0. The maximum absolute atomic E-state index is 13.6. The summed E-state index contributed by atoms with van der Waals surface area (Å²) >= 11 is 0.936. The lowest BCUT2D eigenvalue weighted by molar-refractivity contribution is 0.0531. The normalized spacial score (nSPS) is 10.0. The lowest BCUT2D eigenvalue weighted by atomic mass is 10.1. The van der Waals surface area contributed by atoms with E-state index in [2.05, 4.69) is 5.32 Å². The second-order valence-corrected chi connectivity index (χ2v) is 5.55. The molecule has 0 atom stereocenters. The topological polar surface area (TPSA) is 79.2 Å². The Morgan fingerprint density at radius 2 is 2.09 bits per heavy atom. The molecule has 0 aliphatic carbocycles. The molecular weight excluding hydrogens is 319 g/mol. The highest BCUT2D eigenvalue weighted by atomic mass is 32.1. The van der Waals surface area contributed by atoms with Crippen molar-refractivity contribution in [1.82, 2.24) is 0 Å². The summed E-state index contributed by atoms with van der Waals surface area (Å²) in [5.41, 5.74) is 0.461. The number of nitrogens with one attached hydrogen (secondary N) is 1. The van der Waals surface area contributed by atoms with E-state index < -0.39 is 17.7 Å². The molecular formula is C16H13FN2O3S. The van der Waals surface area contributed by atoms with Gasteiger partial charge >= 0.3 is 5.97 Å². The van der Waals surface area contributed by atoms with Gasteiger partial charge in [-0.2, -0.15) is 5.26 Å². The Labute approximate surface area is 136 Å². The first kappa shape index (κ1) is 16.6. The zero-order chi connectivity index (χ0) is 17.0. The Hall–Kier alpha value is -2.72. The Morgan fingerprint density at radius 3 is 2.70 bits per heavy atom. The van der Waals surface area contributed by atoms with Gasteiger partial charge in [0.25, 0.3) is 5.91 Å². The molecule has 5 nitrogen and oxygen atoms in total. The third-order valence-corrected chi connectivity index (χ3v) is 4.25. The van der Waals surface area contributed by atoms with Crippen LogP contribution in [0, 0.1) is 24.1 Å². The molecule has 2 aromatic rings. The largest absolute Gasteiger partial charge is 0.462 e. The van der Waals surface area contributed by atoms with Gasteiger partial charge in [-0.3, -0.25) is 4.79 Å². The van der Waals surface area contributed by atoms with Crippen LogP contribution in [0.4, 0.5) is 9.39 Å². The molecule has 0 unspecified atom stereocenters. The van der Waals surface area contributed by atoms with Gasteiger partial charge in [0.2, 0.25) is 0 Å². The summed E-state index contributed by atoms with van der Waals surface area (Å²) in [5, 5.41) is 11.9. The second kappa shape index (κ2) is 7.03. The molecule has 1 aromatic carbocycles. The van der Waals surface area contributed by atoms with Crippen LogP contribution in [-0.2, 0) is 4.74 Å². The van der Waals surface area contributed by atoms with Crippen molar-refractivity contribution >= 4 is 28.2 Å². The number of anilines is 1. The summed E-state index contributed by atoms with van der Waals surface area (Å²) in [4.78, 5) is 24.3. The fourth-order valence-electron chi connectivity index (χ4n) is 1.94. The van der Waals surface area contributed by atoms with E-state index >= 15 is 0 Å². The predicted molar refractivity (Wildman–Crippen MR) is 84.1 cm³/mol. The molecule has 0 bridgehead atoms. The zero-order valence-electron chi connectivity index (χ0n) is 12.5. The van der Waals surface area contributed by atoms with Crippen molar-refractivity contribution in [3.8, 4) is 6.07 Å². The molecule has 1 amide bonds. The van der Waals surface area contributed by atoms with Gasteiger partial charge in [-0.1, -0.05) is 12.1 Å². The first-order valence-corrected chi connectivity index (χ1v) is 7.57. The molecule has 0 aliphatic heterocycles. The molecule has 0 fully saturated rings. The molecule has 0 aliphatic rings. The minimum Gasteiger partial charge on any atom is -0.462 e. The highest BCUT2D eigenvalue weighted by molar-refractivity contribution is 7.18. The zero-order valence-corrected chi connectivity index (χ0v) is 13.3. The van der Waals surface area contributed by atoms with Crippen LogP contribution in [0.25, 0.3) is 0 Å². The van der Waals surface area contributed by atoms with Gasteiger partial charge in [-0.25, -0.2) is 9.18 Å². The summed E-state index contributed by atoms with van der Waals surface area (Å²) < 4.78 is 18.6. The van der Waals surface area contributed by atoms with E-state index in [1.54, 1.807) is 13.8 Å². The molecule has 1 aromatic heterocycles. The average Bonchev–Trinajstić information content (AvgIpc) is 2.83. The number of halogens is 1. The fraction of sp³-hybridized carbons (Fsp3) is 0.188. The van der Waals surface area contributed by atoms with Gasteiger partial charge in [0.1, 0.15) is 21.8 Å². The average molecular weight is 332 g/mol. The molecule has 118 valence electrons. The number of nitrogens with zero attached hydrogens (tertiary/aromatic N) is 1. The van der Waals surface area contributed by atoms with Crippen molar-refractivity contribution in [2.45, 2.75) is 13.8 Å². The Kier molecular flexibility index (Phi) is 5.09. The summed E-state index contributed by atoms with van der Waals surface area (Å²) in [6, 6.07) is 7.46. The summed E-state index contributed by atoms with van der Waals surface area (Å²) in [7, 11) is 0. The Balaban J connectivity index is 2.35. The standard InChI is InChI=1S/C16H13FN2O3S/c1-3-22-16(21)13-9(2)11(8-18)15(23-13)19-14(20)10-6-4-5-7-12(10)17/h4-7H,3H2,1-2H3,(H,19,20). The van der Waals surface area contributed by atoms with Crippen molar-refractivity contribution in [1.29, 1.82) is 5.26 Å². The molecule has 0 saturated heterocycles. The summed E-state index contributed by atoms with van der Waals surface area (Å²) in [5.74, 6) is -1.91. The lowest BCUT2D eigenvalue weighted by Gasteiger charge is -2.04. The van der Waals surface area contributed by atoms with E-state index in [0.29, 0.717) is 5.56 Å². The number of carbonyl (C=O) groups is 2. The number of rotatable bonds is 4. The number of carbonyl (C=O) groups excluding carboxylic acids is 2. The van der Waals surface area contributed by atoms with Crippen LogP contribution in [0.3, 0.4) is 0 Å². The smallest absolute Gasteiger partial charge is 0.348 e. The number of esters is 1. The number of thiophene rings is 1. The monoisotopic (exact) mass is 332 g/mol. The third-order valence-electron chi connectivity index (χ3n) is 3.06. The predicted octanol–water partition coefficient (Wildman–Crippen LogP) is 3.50. The number of ether oxygens (including phenoxy) is 1. The van der Waals surface area contributed by atoms with Crippen molar-refractivity contribution in [2.24, 2.45) is 0 Å². The maximum Gasteiger partial charge on any atom is 0.348 e.